The number of aromatic nitrogens is 1. The average Bonchev–Trinajstić information content (AvgIpc) is 2.67. The molecular formula is C18H15F3N2O6. The Hall–Kier alpha value is -3.34. The smallest absolute Gasteiger partial charge is 0.322 e. The number of aromatic hydroxyl groups is 1. The van der Waals surface area contributed by atoms with Gasteiger partial charge in [0.05, 0.1) is 19.8 Å². The molecule has 3 N–H and O–H groups in total. The minimum Gasteiger partial charge on any atom is -0.506 e. The van der Waals surface area contributed by atoms with Crippen LogP contribution >= 0.6 is 0 Å². The molecule has 0 unspecified atom stereocenters. The van der Waals surface area contributed by atoms with Gasteiger partial charge in [0.2, 0.25) is 0 Å². The SMILES string of the molecule is O=C(O)CNC(=O)c1c(O)c2c(n(Cc3cc(F)c(F)cc3F)c1=O)CCOC2. The van der Waals surface area contributed by atoms with Crippen LogP contribution in [0.2, 0.25) is 0 Å². The Morgan fingerprint density at radius 3 is 2.55 bits per heavy atom. The molecule has 0 bridgehead atoms. The zero-order chi connectivity index (χ0) is 21.3. The number of pyridine rings is 1. The van der Waals surface area contributed by atoms with Crippen molar-refractivity contribution in [1.82, 2.24) is 9.88 Å². The van der Waals surface area contributed by atoms with Gasteiger partial charge < -0.3 is 24.8 Å². The highest BCUT2D eigenvalue weighted by Gasteiger charge is 2.28. The molecule has 3 rings (SSSR count). The summed E-state index contributed by atoms with van der Waals surface area (Å²) < 4.78 is 47.0. The lowest BCUT2D eigenvalue weighted by Crippen LogP contribution is -2.38. The maximum atomic E-state index is 14.1. The summed E-state index contributed by atoms with van der Waals surface area (Å²) in [4.78, 5) is 35.8. The quantitative estimate of drug-likeness (QED) is 0.629. The Morgan fingerprint density at radius 2 is 1.86 bits per heavy atom. The zero-order valence-electron chi connectivity index (χ0n) is 14.8. The van der Waals surface area contributed by atoms with Crippen molar-refractivity contribution in [2.75, 3.05) is 13.2 Å². The van der Waals surface area contributed by atoms with Gasteiger partial charge in [-0.1, -0.05) is 0 Å². The van der Waals surface area contributed by atoms with E-state index in [9.17, 15) is 32.7 Å². The number of rotatable bonds is 5. The predicted octanol–water partition coefficient (Wildman–Crippen LogP) is 0.907. The highest BCUT2D eigenvalue weighted by atomic mass is 19.2. The van der Waals surface area contributed by atoms with E-state index in [0.29, 0.717) is 12.1 Å². The van der Waals surface area contributed by atoms with E-state index in [1.165, 1.54) is 0 Å². The Morgan fingerprint density at radius 1 is 1.17 bits per heavy atom. The average molecular weight is 412 g/mol. The molecule has 1 aliphatic rings. The van der Waals surface area contributed by atoms with Gasteiger partial charge in [-0.05, 0) is 6.07 Å². The lowest BCUT2D eigenvalue weighted by molar-refractivity contribution is -0.135. The van der Waals surface area contributed by atoms with Gasteiger partial charge in [-0.3, -0.25) is 14.4 Å². The van der Waals surface area contributed by atoms with Gasteiger partial charge in [-0.2, -0.15) is 0 Å². The lowest BCUT2D eigenvalue weighted by Gasteiger charge is -2.24. The fourth-order valence-corrected chi connectivity index (χ4v) is 3.06. The molecule has 0 saturated carbocycles. The zero-order valence-corrected chi connectivity index (χ0v) is 14.8. The second kappa shape index (κ2) is 7.95. The van der Waals surface area contributed by atoms with Gasteiger partial charge in [0.1, 0.15) is 23.7 Å². The standard InChI is InChI=1S/C18H15F3N2O6/c19-10-4-12(21)11(20)3-8(10)6-23-13-1-2-29-7-9(13)16(26)15(18(23)28)17(27)22-5-14(24)25/h3-4,26H,1-2,5-7H2,(H,22,27)(H,24,25). The van der Waals surface area contributed by atoms with Crippen molar-refractivity contribution in [1.29, 1.82) is 0 Å². The number of halogens is 3. The monoisotopic (exact) mass is 412 g/mol. The lowest BCUT2D eigenvalue weighted by atomic mass is 10.0. The summed E-state index contributed by atoms with van der Waals surface area (Å²) in [6.45, 7) is -1.32. The highest BCUT2D eigenvalue weighted by Crippen LogP contribution is 2.28. The van der Waals surface area contributed by atoms with Gasteiger partial charge >= 0.3 is 5.97 Å². The maximum absolute atomic E-state index is 14.1. The first-order chi connectivity index (χ1) is 13.7. The second-order valence-corrected chi connectivity index (χ2v) is 6.28. The molecule has 2 heterocycles. The molecule has 8 nitrogen and oxygen atoms in total. The number of hydrogen-bond acceptors (Lipinski definition) is 5. The number of fused-ring (bicyclic) bond motifs is 1. The van der Waals surface area contributed by atoms with Crippen LogP contribution in [0.1, 0.15) is 27.2 Å². The van der Waals surface area contributed by atoms with Gasteiger partial charge in [0, 0.05) is 29.3 Å². The summed E-state index contributed by atoms with van der Waals surface area (Å²) in [5.41, 5.74) is -1.78. The third-order valence-corrected chi connectivity index (χ3v) is 4.43. The van der Waals surface area contributed by atoms with E-state index < -0.39 is 59.3 Å². The number of aliphatic carboxylic acids is 1. The van der Waals surface area contributed by atoms with Crippen LogP contribution in [0.25, 0.3) is 0 Å². The third-order valence-electron chi connectivity index (χ3n) is 4.43. The highest BCUT2D eigenvalue weighted by molar-refractivity contribution is 5.98. The topological polar surface area (TPSA) is 118 Å². The van der Waals surface area contributed by atoms with Crippen LogP contribution in [-0.2, 0) is 29.1 Å². The normalized spacial score (nSPS) is 13.1. The number of carboxylic acids is 1. The Balaban J connectivity index is 2.14. The molecule has 154 valence electrons. The van der Waals surface area contributed by atoms with Crippen molar-refractivity contribution in [2.24, 2.45) is 0 Å². The Bertz CT molecular complexity index is 1070. The Kier molecular flexibility index (Phi) is 5.59. The number of ether oxygens (including phenoxy) is 1. The summed E-state index contributed by atoms with van der Waals surface area (Å²) in [7, 11) is 0. The van der Waals surface area contributed by atoms with Gasteiger partial charge in [0.15, 0.2) is 11.6 Å². The van der Waals surface area contributed by atoms with E-state index in [-0.39, 0.29) is 36.5 Å². The first-order valence-electron chi connectivity index (χ1n) is 8.39. The van der Waals surface area contributed by atoms with Crippen LogP contribution in [-0.4, -0.2) is 39.8 Å². The largest absolute Gasteiger partial charge is 0.506 e. The first kappa shape index (κ1) is 20.4. The minimum atomic E-state index is -1.39. The number of carboxylic acid groups (broad SMARTS) is 1. The van der Waals surface area contributed by atoms with Crippen molar-refractivity contribution in [3.8, 4) is 5.75 Å². The molecule has 2 aromatic rings. The second-order valence-electron chi connectivity index (χ2n) is 6.28. The maximum Gasteiger partial charge on any atom is 0.322 e. The summed E-state index contributed by atoms with van der Waals surface area (Å²) in [5, 5.41) is 21.0. The molecule has 1 aromatic heterocycles. The van der Waals surface area contributed by atoms with Gasteiger partial charge in [-0.15, -0.1) is 0 Å². The van der Waals surface area contributed by atoms with Crippen molar-refractivity contribution < 1.29 is 37.7 Å². The van der Waals surface area contributed by atoms with E-state index >= 15 is 0 Å². The fraction of sp³-hybridized carbons (Fsp3) is 0.278. The van der Waals surface area contributed by atoms with Crippen molar-refractivity contribution in [2.45, 2.75) is 19.6 Å². The molecule has 0 atom stereocenters. The number of benzene rings is 1. The summed E-state index contributed by atoms with van der Waals surface area (Å²) in [6, 6.07) is 0.937. The molecule has 1 amide bonds. The molecule has 0 radical (unpaired) electrons. The van der Waals surface area contributed by atoms with E-state index in [4.69, 9.17) is 9.84 Å². The predicted molar refractivity (Wildman–Crippen MR) is 91.1 cm³/mol. The minimum absolute atomic E-state index is 0.0966. The summed E-state index contributed by atoms with van der Waals surface area (Å²) >= 11 is 0. The van der Waals surface area contributed by atoms with Crippen LogP contribution in [0.3, 0.4) is 0 Å². The van der Waals surface area contributed by atoms with Crippen molar-refractivity contribution in [3.63, 3.8) is 0 Å². The number of amides is 1. The number of hydrogen-bond donors (Lipinski definition) is 3. The number of carbonyl (C=O) groups is 2. The number of carbonyl (C=O) groups excluding carboxylic acids is 1. The van der Waals surface area contributed by atoms with Crippen LogP contribution in [0.5, 0.6) is 5.75 Å². The van der Waals surface area contributed by atoms with Crippen LogP contribution in [0, 0.1) is 17.5 Å². The summed E-state index contributed by atoms with van der Waals surface area (Å²) in [6.07, 6.45) is 0.139. The molecule has 0 saturated heterocycles. The fourth-order valence-electron chi connectivity index (χ4n) is 3.06. The molecule has 0 spiro atoms. The summed E-state index contributed by atoms with van der Waals surface area (Å²) in [5.74, 6) is -7.00. The molecule has 1 aliphatic heterocycles. The molecule has 1 aromatic carbocycles. The molecular weight excluding hydrogens is 397 g/mol. The van der Waals surface area contributed by atoms with E-state index in [1.54, 1.807) is 0 Å². The van der Waals surface area contributed by atoms with Crippen molar-refractivity contribution in [3.05, 3.63) is 62.3 Å². The van der Waals surface area contributed by atoms with E-state index in [0.717, 1.165) is 4.57 Å². The third kappa shape index (κ3) is 3.94. The molecule has 0 fully saturated rings. The molecule has 11 heteroatoms. The number of nitrogens with zero attached hydrogens (tertiary/aromatic N) is 1. The number of nitrogens with one attached hydrogen (secondary N) is 1. The van der Waals surface area contributed by atoms with Crippen molar-refractivity contribution >= 4 is 11.9 Å². The van der Waals surface area contributed by atoms with Crippen LogP contribution in [0.15, 0.2) is 16.9 Å². The van der Waals surface area contributed by atoms with Gasteiger partial charge in [0.25, 0.3) is 11.5 Å². The Labute approximate surface area is 161 Å². The van der Waals surface area contributed by atoms with Crippen LogP contribution < -0.4 is 10.9 Å². The first-order valence-corrected chi connectivity index (χ1v) is 8.39. The molecule has 29 heavy (non-hydrogen) atoms. The van der Waals surface area contributed by atoms with Gasteiger partial charge in [-0.25, -0.2) is 13.2 Å². The van der Waals surface area contributed by atoms with E-state index in [2.05, 4.69) is 0 Å². The molecule has 0 aliphatic carbocycles. The van der Waals surface area contributed by atoms with Crippen LogP contribution in [0.4, 0.5) is 13.2 Å². The van der Waals surface area contributed by atoms with E-state index in [1.807, 2.05) is 5.32 Å².